The molecule has 6 heteroatoms. The molecule has 0 bridgehead atoms. The minimum absolute atomic E-state index is 0.165. The monoisotopic (exact) mass is 258 g/mol. The maximum atomic E-state index is 12.2. The van der Waals surface area contributed by atoms with Crippen molar-refractivity contribution in [2.75, 3.05) is 20.1 Å². The first kappa shape index (κ1) is 14.8. The minimum Gasteiger partial charge on any atom is -0.480 e. The number of rotatable bonds is 3. The van der Waals surface area contributed by atoms with Gasteiger partial charge in [0.05, 0.1) is 12.1 Å². The van der Waals surface area contributed by atoms with Gasteiger partial charge >= 0.3 is 12.0 Å². The van der Waals surface area contributed by atoms with Gasteiger partial charge in [0.1, 0.15) is 5.54 Å². The van der Waals surface area contributed by atoms with Crippen molar-refractivity contribution in [3.8, 4) is 0 Å². The van der Waals surface area contributed by atoms with Crippen molar-refractivity contribution in [3.05, 3.63) is 0 Å². The van der Waals surface area contributed by atoms with Crippen LogP contribution in [0.2, 0.25) is 0 Å². The summed E-state index contributed by atoms with van der Waals surface area (Å²) < 4.78 is 0. The molecule has 0 aromatic heterocycles. The second-order valence-corrected chi connectivity index (χ2v) is 5.79. The van der Waals surface area contributed by atoms with E-state index in [2.05, 4.69) is 0 Å². The quantitative estimate of drug-likeness (QED) is 0.782. The Morgan fingerprint density at radius 1 is 1.44 bits per heavy atom. The molecule has 1 saturated heterocycles. The summed E-state index contributed by atoms with van der Waals surface area (Å²) in [6.07, 6.45) is 1.15. The largest absolute Gasteiger partial charge is 0.480 e. The summed E-state index contributed by atoms with van der Waals surface area (Å²) in [6, 6.07) is -0.348. The normalized spacial score (nSPS) is 24.2. The molecule has 2 amide bonds. The Kier molecular flexibility index (Phi) is 3.90. The van der Waals surface area contributed by atoms with E-state index >= 15 is 0 Å². The van der Waals surface area contributed by atoms with Gasteiger partial charge in [-0.15, -0.1) is 0 Å². The molecule has 1 aliphatic rings. The van der Waals surface area contributed by atoms with E-state index in [9.17, 15) is 19.8 Å². The number of carboxylic acids is 1. The fraction of sp³-hybridized carbons (Fsp3) is 0.833. The summed E-state index contributed by atoms with van der Waals surface area (Å²) in [5.41, 5.74) is -2.13. The van der Waals surface area contributed by atoms with E-state index in [4.69, 9.17) is 0 Å². The SMILES string of the molecule is CN(CC(C)(C)O)C(=O)N1CCCC1(C)C(=O)O. The molecule has 0 aromatic rings. The number of likely N-dealkylation sites (N-methyl/N-ethyl adjacent to an activating group) is 1. The number of carboxylic acid groups (broad SMARTS) is 1. The van der Waals surface area contributed by atoms with E-state index in [1.54, 1.807) is 27.8 Å². The highest BCUT2D eigenvalue weighted by molar-refractivity contribution is 5.86. The molecule has 0 radical (unpaired) electrons. The number of carbonyl (C=O) groups excluding carboxylic acids is 1. The van der Waals surface area contributed by atoms with Crippen molar-refractivity contribution >= 4 is 12.0 Å². The average molecular weight is 258 g/mol. The predicted molar refractivity (Wildman–Crippen MR) is 66.3 cm³/mol. The van der Waals surface area contributed by atoms with Crippen molar-refractivity contribution in [2.45, 2.75) is 44.8 Å². The van der Waals surface area contributed by atoms with Crippen molar-refractivity contribution in [3.63, 3.8) is 0 Å². The van der Waals surface area contributed by atoms with Crippen LogP contribution in [0.1, 0.15) is 33.6 Å². The highest BCUT2D eigenvalue weighted by Gasteiger charge is 2.47. The fourth-order valence-corrected chi connectivity index (χ4v) is 2.35. The molecule has 18 heavy (non-hydrogen) atoms. The Bertz CT molecular complexity index is 350. The molecular weight excluding hydrogens is 236 g/mol. The molecule has 0 aliphatic carbocycles. The zero-order chi connectivity index (χ0) is 14.1. The number of hydrogen-bond donors (Lipinski definition) is 2. The third-order valence-electron chi connectivity index (χ3n) is 3.28. The molecule has 0 saturated carbocycles. The van der Waals surface area contributed by atoms with Crippen molar-refractivity contribution < 1.29 is 19.8 Å². The Balaban J connectivity index is 2.81. The molecule has 104 valence electrons. The standard InChI is InChI=1S/C12H22N2O4/c1-11(2,18)8-13(4)10(17)14-7-5-6-12(14,3)9(15)16/h18H,5-8H2,1-4H3,(H,15,16). The predicted octanol–water partition coefficient (Wildman–Crippen LogP) is 0.748. The molecule has 1 atom stereocenters. The van der Waals surface area contributed by atoms with Crippen LogP contribution in [0.25, 0.3) is 0 Å². The minimum atomic E-state index is -1.13. The zero-order valence-electron chi connectivity index (χ0n) is 11.4. The first-order valence-corrected chi connectivity index (χ1v) is 6.06. The van der Waals surface area contributed by atoms with Crippen LogP contribution >= 0.6 is 0 Å². The maximum absolute atomic E-state index is 12.2. The number of nitrogens with zero attached hydrogens (tertiary/aromatic N) is 2. The van der Waals surface area contributed by atoms with Crippen molar-refractivity contribution in [1.29, 1.82) is 0 Å². The summed E-state index contributed by atoms with van der Waals surface area (Å²) >= 11 is 0. The zero-order valence-corrected chi connectivity index (χ0v) is 11.4. The number of aliphatic hydroxyl groups is 1. The van der Waals surface area contributed by atoms with Crippen LogP contribution in [0, 0.1) is 0 Å². The summed E-state index contributed by atoms with van der Waals surface area (Å²) in [4.78, 5) is 26.2. The lowest BCUT2D eigenvalue weighted by atomic mass is 9.99. The van der Waals surface area contributed by atoms with Crippen LogP contribution < -0.4 is 0 Å². The molecule has 1 unspecified atom stereocenters. The van der Waals surface area contributed by atoms with Gasteiger partial charge in [0.25, 0.3) is 0 Å². The molecule has 0 aromatic carbocycles. The van der Waals surface area contributed by atoms with E-state index in [0.717, 1.165) is 0 Å². The Morgan fingerprint density at radius 2 is 2.00 bits per heavy atom. The van der Waals surface area contributed by atoms with Gasteiger partial charge in [0.2, 0.25) is 0 Å². The van der Waals surface area contributed by atoms with E-state index in [1.807, 2.05) is 0 Å². The maximum Gasteiger partial charge on any atom is 0.329 e. The third-order valence-corrected chi connectivity index (χ3v) is 3.28. The summed E-state index contributed by atoms with van der Waals surface area (Å²) in [5.74, 6) is -0.981. The van der Waals surface area contributed by atoms with Gasteiger partial charge in [-0.25, -0.2) is 9.59 Å². The van der Waals surface area contributed by atoms with E-state index < -0.39 is 17.1 Å². The molecule has 6 nitrogen and oxygen atoms in total. The topological polar surface area (TPSA) is 81.1 Å². The van der Waals surface area contributed by atoms with Gasteiger partial charge < -0.3 is 20.0 Å². The fourth-order valence-electron chi connectivity index (χ4n) is 2.35. The van der Waals surface area contributed by atoms with Crippen LogP contribution in [-0.4, -0.2) is 63.3 Å². The van der Waals surface area contributed by atoms with Crippen LogP contribution in [0.4, 0.5) is 4.79 Å². The lowest BCUT2D eigenvalue weighted by molar-refractivity contribution is -0.147. The van der Waals surface area contributed by atoms with Gasteiger partial charge in [-0.2, -0.15) is 0 Å². The first-order chi connectivity index (χ1) is 8.08. The number of amides is 2. The number of hydrogen-bond acceptors (Lipinski definition) is 3. The molecular formula is C12H22N2O4. The van der Waals surface area contributed by atoms with Gasteiger partial charge in [-0.3, -0.25) is 0 Å². The lowest BCUT2D eigenvalue weighted by Gasteiger charge is -2.36. The molecule has 0 spiro atoms. The van der Waals surface area contributed by atoms with E-state index in [0.29, 0.717) is 19.4 Å². The smallest absolute Gasteiger partial charge is 0.329 e. The number of likely N-dealkylation sites (tertiary alicyclic amines) is 1. The lowest BCUT2D eigenvalue weighted by Crippen LogP contribution is -2.55. The van der Waals surface area contributed by atoms with E-state index in [1.165, 1.54) is 9.80 Å². The molecule has 1 fully saturated rings. The molecule has 1 rings (SSSR count). The second kappa shape index (κ2) is 4.76. The number of urea groups is 1. The average Bonchev–Trinajstić information content (AvgIpc) is 2.58. The van der Waals surface area contributed by atoms with Crippen molar-refractivity contribution in [2.24, 2.45) is 0 Å². The van der Waals surface area contributed by atoms with Crippen molar-refractivity contribution in [1.82, 2.24) is 9.80 Å². The van der Waals surface area contributed by atoms with Crippen LogP contribution in [0.3, 0.4) is 0 Å². The Labute approximate surface area is 107 Å². The summed E-state index contributed by atoms with van der Waals surface area (Å²) in [6.45, 7) is 5.39. The summed E-state index contributed by atoms with van der Waals surface area (Å²) in [5, 5.41) is 18.9. The number of carbonyl (C=O) groups is 2. The van der Waals surface area contributed by atoms with Gasteiger partial charge in [-0.05, 0) is 33.6 Å². The molecule has 1 aliphatic heterocycles. The van der Waals surface area contributed by atoms with Gasteiger partial charge in [0.15, 0.2) is 0 Å². The molecule has 2 N–H and O–H groups in total. The third kappa shape index (κ3) is 2.93. The van der Waals surface area contributed by atoms with Crippen LogP contribution in [-0.2, 0) is 4.79 Å². The molecule has 1 heterocycles. The highest BCUT2D eigenvalue weighted by Crippen LogP contribution is 2.30. The van der Waals surface area contributed by atoms with E-state index in [-0.39, 0.29) is 12.6 Å². The Morgan fingerprint density at radius 3 is 2.44 bits per heavy atom. The summed E-state index contributed by atoms with van der Waals surface area (Å²) in [7, 11) is 1.57. The first-order valence-electron chi connectivity index (χ1n) is 6.06. The second-order valence-electron chi connectivity index (χ2n) is 5.79. The van der Waals surface area contributed by atoms with Crippen LogP contribution in [0.5, 0.6) is 0 Å². The van der Waals surface area contributed by atoms with Gasteiger partial charge in [-0.1, -0.05) is 0 Å². The Hall–Kier alpha value is -1.30. The number of aliphatic carboxylic acids is 1. The highest BCUT2D eigenvalue weighted by atomic mass is 16.4. The van der Waals surface area contributed by atoms with Crippen LogP contribution in [0.15, 0.2) is 0 Å². The van der Waals surface area contributed by atoms with Gasteiger partial charge in [0, 0.05) is 13.6 Å².